The summed E-state index contributed by atoms with van der Waals surface area (Å²) >= 11 is 0. The first-order valence-electron chi connectivity index (χ1n) is 25.9. The van der Waals surface area contributed by atoms with Crippen LogP contribution in [0.3, 0.4) is 0 Å². The molecule has 6 aromatic carbocycles. The second kappa shape index (κ2) is 25.4. The lowest BCUT2D eigenvalue weighted by atomic mass is 9.85. The van der Waals surface area contributed by atoms with Gasteiger partial charge < -0.3 is 37.0 Å². The van der Waals surface area contributed by atoms with Gasteiger partial charge in [-0.05, 0) is 104 Å². The second-order valence-electron chi connectivity index (χ2n) is 23.3. The van der Waals surface area contributed by atoms with E-state index in [0.29, 0.717) is 23.0 Å². The number of rotatable bonds is 19. The van der Waals surface area contributed by atoms with Crippen molar-refractivity contribution >= 4 is 51.2 Å². The molecule has 14 heteroatoms. The average molecular weight is 1100 g/mol. The van der Waals surface area contributed by atoms with Crippen LogP contribution in [0.4, 0.5) is 0 Å². The van der Waals surface area contributed by atoms with Crippen LogP contribution in [0.15, 0.2) is 121 Å². The number of esters is 4. The fourth-order valence-electron chi connectivity index (χ4n) is 8.52. The lowest BCUT2D eigenvalue weighted by molar-refractivity contribution is -0.140. The maximum absolute atomic E-state index is 12.4. The highest BCUT2D eigenvalue weighted by molar-refractivity contribution is 7.57. The second-order valence-corrected chi connectivity index (χ2v) is 26.1. The van der Waals surface area contributed by atoms with Gasteiger partial charge in [0.2, 0.25) is 0 Å². The SMILES string of the molecule is COC(=O)Cc1ccc(OP(Oc2ccc(CC(=O)OC)cc2C(C)(C)C)c2ccc(-c3ccc(P(Oc4ccc(CC(=O)OC)cc4C(C)(C)C)Oc4ccc(CC(=O)OC)cc4C(C)(C)C)cc3)cc2)c(C(C)(C)C)c1. The molecule has 0 aliphatic rings. The third-order valence-corrected chi connectivity index (χ3v) is 15.8. The Hall–Kier alpha value is -6.74. The number of methoxy groups -OCH3 is 4. The molecule has 78 heavy (non-hydrogen) atoms. The van der Waals surface area contributed by atoms with Crippen LogP contribution < -0.4 is 28.7 Å². The third kappa shape index (κ3) is 16.2. The van der Waals surface area contributed by atoms with Gasteiger partial charge in [0.15, 0.2) is 0 Å². The van der Waals surface area contributed by atoms with Gasteiger partial charge in [0.25, 0.3) is 0 Å². The van der Waals surface area contributed by atoms with Crippen molar-refractivity contribution in [1.82, 2.24) is 0 Å². The highest BCUT2D eigenvalue weighted by Crippen LogP contribution is 2.49. The molecule has 0 heterocycles. The first-order valence-corrected chi connectivity index (χ1v) is 28.3. The lowest BCUT2D eigenvalue weighted by Gasteiger charge is -2.29. The molecule has 0 aromatic heterocycles. The van der Waals surface area contributed by atoms with E-state index in [1.807, 2.05) is 121 Å². The normalized spacial score (nSPS) is 12.0. The minimum absolute atomic E-state index is 0.125. The summed E-state index contributed by atoms with van der Waals surface area (Å²) in [5.74, 6) is 1.18. The smallest absolute Gasteiger partial charge is 0.326 e. The van der Waals surface area contributed by atoms with E-state index in [1.54, 1.807) is 0 Å². The summed E-state index contributed by atoms with van der Waals surface area (Å²) in [7, 11) is 1.86. The van der Waals surface area contributed by atoms with Gasteiger partial charge in [0, 0.05) is 22.3 Å². The minimum Gasteiger partial charge on any atom is -0.469 e. The van der Waals surface area contributed by atoms with Gasteiger partial charge >= 0.3 is 40.6 Å². The van der Waals surface area contributed by atoms with Crippen LogP contribution in [0.25, 0.3) is 11.1 Å². The van der Waals surface area contributed by atoms with Crippen molar-refractivity contribution in [3.63, 3.8) is 0 Å². The molecular weight excluding hydrogens is 1020 g/mol. The van der Waals surface area contributed by atoms with E-state index in [2.05, 4.69) is 83.1 Å². The van der Waals surface area contributed by atoms with Crippen molar-refractivity contribution in [3.8, 4) is 34.1 Å². The standard InChI is InChI=1S/C64H76O12P2/c1-61(2,3)49-33-41(37-57(65)69-13)17-29-53(49)73-77(74-54-30-18-42(38-58(66)70-14)34-50(54)62(4,5)6)47-25-21-45(22-26-47)46-23-27-48(28-24-46)78(75-55-31-19-43(39-59(67)71-15)35-51(55)63(7,8)9)76-56-32-20-44(40-60(68)72-16)36-52(56)64(10,11)12/h17-36H,37-40H2,1-16H3. The number of carbonyl (C=O) groups excluding carboxylic acids is 4. The molecule has 0 bridgehead atoms. The molecule has 6 aromatic rings. The zero-order chi connectivity index (χ0) is 57.3. The number of carbonyl (C=O) groups is 4. The molecule has 0 saturated heterocycles. The molecule has 12 nitrogen and oxygen atoms in total. The molecule has 6 rings (SSSR count). The van der Waals surface area contributed by atoms with Gasteiger partial charge in [-0.1, -0.05) is 156 Å². The molecule has 0 radical (unpaired) electrons. The Morgan fingerprint density at radius 1 is 0.321 bits per heavy atom. The number of hydrogen-bond donors (Lipinski definition) is 0. The summed E-state index contributed by atoms with van der Waals surface area (Å²) in [5, 5.41) is 1.62. The molecule has 0 aliphatic heterocycles. The summed E-state index contributed by atoms with van der Waals surface area (Å²) < 4.78 is 48.0. The highest BCUT2D eigenvalue weighted by Gasteiger charge is 2.31. The predicted octanol–water partition coefficient (Wildman–Crippen LogP) is 13.6. The Kier molecular flexibility index (Phi) is 19.7. The Morgan fingerprint density at radius 3 is 0.705 bits per heavy atom. The minimum atomic E-state index is -1.84. The highest BCUT2D eigenvalue weighted by atomic mass is 31.2. The Labute approximate surface area is 464 Å². The van der Waals surface area contributed by atoms with Gasteiger partial charge in [-0.25, -0.2) is 0 Å². The van der Waals surface area contributed by atoms with Crippen LogP contribution in [-0.4, -0.2) is 52.3 Å². The van der Waals surface area contributed by atoms with E-state index < -0.39 is 16.8 Å². The Bertz CT molecular complexity index is 2710. The predicted molar refractivity (Wildman–Crippen MR) is 311 cm³/mol. The van der Waals surface area contributed by atoms with E-state index >= 15 is 0 Å². The number of ether oxygens (including phenoxy) is 4. The fraction of sp³-hybridized carbons (Fsp3) is 0.375. The van der Waals surface area contributed by atoms with Crippen LogP contribution >= 0.6 is 16.8 Å². The molecule has 0 saturated carbocycles. The van der Waals surface area contributed by atoms with Crippen molar-refractivity contribution < 1.29 is 56.2 Å². The maximum atomic E-state index is 12.4. The zero-order valence-corrected chi connectivity index (χ0v) is 50.0. The maximum Gasteiger partial charge on any atom is 0.326 e. The van der Waals surface area contributed by atoms with Gasteiger partial charge in [0.05, 0.1) is 64.7 Å². The van der Waals surface area contributed by atoms with E-state index in [-0.39, 0.29) is 71.2 Å². The van der Waals surface area contributed by atoms with Gasteiger partial charge in [-0.2, -0.15) is 0 Å². The van der Waals surface area contributed by atoms with Crippen molar-refractivity contribution in [3.05, 3.63) is 166 Å². The van der Waals surface area contributed by atoms with Gasteiger partial charge in [-0.3, -0.25) is 19.2 Å². The first-order chi connectivity index (χ1) is 36.6. The third-order valence-electron chi connectivity index (χ3n) is 12.9. The van der Waals surface area contributed by atoms with Crippen molar-refractivity contribution in [2.75, 3.05) is 28.4 Å². The van der Waals surface area contributed by atoms with E-state index in [1.165, 1.54) is 28.4 Å². The molecule has 0 unspecified atom stereocenters. The molecular formula is C64H76O12P2. The summed E-state index contributed by atoms with van der Waals surface area (Å²) in [6.45, 7) is 25.2. The van der Waals surface area contributed by atoms with Crippen LogP contribution in [0.5, 0.6) is 23.0 Å². The summed E-state index contributed by atoms with van der Waals surface area (Å²) in [5.41, 5.74) is 7.30. The monoisotopic (exact) mass is 1100 g/mol. The summed E-state index contributed by atoms with van der Waals surface area (Å²) in [6, 6.07) is 39.4. The van der Waals surface area contributed by atoms with Crippen molar-refractivity contribution in [1.29, 1.82) is 0 Å². The molecule has 0 aliphatic carbocycles. The van der Waals surface area contributed by atoms with E-state index in [4.69, 9.17) is 37.0 Å². The topological polar surface area (TPSA) is 142 Å². The fourth-order valence-corrected chi connectivity index (χ4v) is 11.2. The van der Waals surface area contributed by atoms with Crippen LogP contribution in [0.2, 0.25) is 0 Å². The average Bonchev–Trinajstić information content (AvgIpc) is 3.41. The van der Waals surface area contributed by atoms with Gasteiger partial charge in [0.1, 0.15) is 23.0 Å². The van der Waals surface area contributed by atoms with Crippen LogP contribution in [-0.2, 0) is 85.5 Å². The molecule has 0 atom stereocenters. The summed E-state index contributed by atoms with van der Waals surface area (Å²) in [6.07, 6.45) is 0.498. The lowest BCUT2D eigenvalue weighted by Crippen LogP contribution is -2.18. The first kappa shape index (κ1) is 60.5. The van der Waals surface area contributed by atoms with Gasteiger partial charge in [-0.15, -0.1) is 0 Å². The molecule has 0 fully saturated rings. The Balaban J connectivity index is 1.41. The summed E-state index contributed by atoms with van der Waals surface area (Å²) in [4.78, 5) is 49.4. The number of benzene rings is 6. The van der Waals surface area contributed by atoms with E-state index in [9.17, 15) is 19.2 Å². The van der Waals surface area contributed by atoms with Crippen LogP contribution in [0, 0.1) is 0 Å². The molecule has 0 spiro atoms. The molecule has 0 N–H and O–H groups in total. The van der Waals surface area contributed by atoms with Crippen molar-refractivity contribution in [2.45, 2.75) is 130 Å². The quantitative estimate of drug-likeness (QED) is 0.0433. The van der Waals surface area contributed by atoms with Crippen LogP contribution in [0.1, 0.15) is 128 Å². The Morgan fingerprint density at radius 2 is 0.526 bits per heavy atom. The molecule has 414 valence electrons. The molecule has 0 amide bonds. The number of hydrogen-bond acceptors (Lipinski definition) is 12. The van der Waals surface area contributed by atoms with E-state index in [0.717, 1.165) is 66.2 Å². The van der Waals surface area contributed by atoms with Crippen molar-refractivity contribution in [2.24, 2.45) is 0 Å². The largest absolute Gasteiger partial charge is 0.469 e. The zero-order valence-electron chi connectivity index (χ0n) is 48.2.